The van der Waals surface area contributed by atoms with E-state index in [2.05, 4.69) is 10.2 Å². The third kappa shape index (κ3) is 4.47. The lowest BCUT2D eigenvalue weighted by Gasteiger charge is -2.33. The van der Waals surface area contributed by atoms with E-state index in [0.717, 1.165) is 62.6 Å². The Hall–Kier alpha value is -1.17. The van der Waals surface area contributed by atoms with Crippen LogP contribution in [-0.4, -0.2) is 48.1 Å². The molecule has 130 valence electrons. The monoisotopic (exact) mass is 366 g/mol. The lowest BCUT2D eigenvalue weighted by atomic mass is 9.89. The van der Waals surface area contributed by atoms with Crippen LogP contribution in [0.3, 0.4) is 0 Å². The van der Waals surface area contributed by atoms with Crippen LogP contribution in [0.5, 0.6) is 0 Å². The maximum atomic E-state index is 12.6. The molecule has 0 amide bonds. The minimum absolute atomic E-state index is 0.0726. The lowest BCUT2D eigenvalue weighted by Crippen LogP contribution is -2.47. The van der Waals surface area contributed by atoms with Gasteiger partial charge in [0.25, 0.3) is 0 Å². The number of nitrogens with zero attached hydrogens (tertiary/aromatic N) is 1. The van der Waals surface area contributed by atoms with Crippen LogP contribution < -0.4 is 5.32 Å². The van der Waals surface area contributed by atoms with Crippen molar-refractivity contribution in [3.05, 3.63) is 34.9 Å². The van der Waals surface area contributed by atoms with E-state index in [0.29, 0.717) is 5.02 Å². The summed E-state index contributed by atoms with van der Waals surface area (Å²) < 4.78 is 5.60. The van der Waals surface area contributed by atoms with Gasteiger partial charge in [0, 0.05) is 42.7 Å². The minimum atomic E-state index is 0.0726. The van der Waals surface area contributed by atoms with Crippen molar-refractivity contribution in [1.82, 2.24) is 10.2 Å². The van der Waals surface area contributed by atoms with Gasteiger partial charge in [-0.1, -0.05) is 11.6 Å². The maximum Gasteiger partial charge on any atom is 0.169 e. The normalized spacial score (nSPS) is 21.7. The number of benzene rings is 1. The predicted octanol–water partition coefficient (Wildman–Crippen LogP) is 3.29. The molecular formula is C18H23ClN2O2S. The molecule has 0 aromatic heterocycles. The van der Waals surface area contributed by atoms with Crippen LogP contribution in [0.2, 0.25) is 5.02 Å². The van der Waals surface area contributed by atoms with Gasteiger partial charge in [0.05, 0.1) is 6.10 Å². The molecule has 0 saturated carbocycles. The van der Waals surface area contributed by atoms with Crippen molar-refractivity contribution in [1.29, 1.82) is 0 Å². The zero-order valence-corrected chi connectivity index (χ0v) is 15.2. The Labute approximate surface area is 153 Å². The highest BCUT2D eigenvalue weighted by atomic mass is 35.5. The number of hydrogen-bond donors (Lipinski definition) is 1. The van der Waals surface area contributed by atoms with Gasteiger partial charge < -0.3 is 15.0 Å². The second-order valence-corrected chi connectivity index (χ2v) is 7.28. The van der Waals surface area contributed by atoms with E-state index in [1.165, 1.54) is 0 Å². The molecule has 2 saturated heterocycles. The van der Waals surface area contributed by atoms with Crippen LogP contribution in [0.4, 0.5) is 0 Å². The number of thiocarbonyl (C=S) groups is 1. The van der Waals surface area contributed by atoms with Crippen molar-refractivity contribution in [2.45, 2.75) is 31.8 Å². The third-order valence-electron chi connectivity index (χ3n) is 4.79. The topological polar surface area (TPSA) is 41.6 Å². The van der Waals surface area contributed by atoms with Gasteiger partial charge >= 0.3 is 0 Å². The van der Waals surface area contributed by atoms with E-state index in [-0.39, 0.29) is 17.8 Å². The van der Waals surface area contributed by atoms with Crippen LogP contribution >= 0.6 is 23.8 Å². The zero-order chi connectivity index (χ0) is 16.9. The number of carbonyl (C=O) groups is 1. The Morgan fingerprint density at radius 1 is 1.25 bits per heavy atom. The van der Waals surface area contributed by atoms with Gasteiger partial charge in [-0.3, -0.25) is 4.79 Å². The summed E-state index contributed by atoms with van der Waals surface area (Å²) in [6.07, 6.45) is 4.20. The smallest absolute Gasteiger partial charge is 0.169 e. The minimum Gasteiger partial charge on any atom is -0.376 e. The van der Waals surface area contributed by atoms with Crippen LogP contribution in [0.25, 0.3) is 0 Å². The first-order valence-corrected chi connectivity index (χ1v) is 9.36. The van der Waals surface area contributed by atoms with Crippen LogP contribution in [0, 0.1) is 5.92 Å². The SMILES string of the molecule is O=C(c1ccc(Cl)cc1)C1CCN(C(=S)NC[C@@H]2CCCO2)CC1. The Morgan fingerprint density at radius 2 is 1.96 bits per heavy atom. The van der Waals surface area contributed by atoms with Gasteiger partial charge in [-0.15, -0.1) is 0 Å². The molecule has 1 atom stereocenters. The predicted molar refractivity (Wildman–Crippen MR) is 99.7 cm³/mol. The van der Waals surface area contributed by atoms with E-state index in [9.17, 15) is 4.79 Å². The molecule has 2 aliphatic heterocycles. The number of hydrogen-bond acceptors (Lipinski definition) is 3. The molecule has 24 heavy (non-hydrogen) atoms. The Kier molecular flexibility index (Phi) is 6.09. The number of Topliss-reactive ketones (excluding diaryl/α,β-unsaturated/α-hetero) is 1. The van der Waals surface area contributed by atoms with Gasteiger partial charge in [0.1, 0.15) is 0 Å². The van der Waals surface area contributed by atoms with E-state index in [4.69, 9.17) is 28.6 Å². The number of carbonyl (C=O) groups excluding carboxylic acids is 1. The first-order valence-electron chi connectivity index (χ1n) is 8.57. The standard InChI is InChI=1S/C18H23ClN2O2S/c19-15-5-3-13(4-6-15)17(22)14-7-9-21(10-8-14)18(24)20-12-16-2-1-11-23-16/h3-6,14,16H,1-2,7-12H2,(H,20,24)/t16-/m0/s1. The summed E-state index contributed by atoms with van der Waals surface area (Å²) >= 11 is 11.4. The molecule has 0 spiro atoms. The molecule has 1 N–H and O–H groups in total. The van der Waals surface area contributed by atoms with Crippen molar-refractivity contribution >= 4 is 34.7 Å². The molecule has 2 aliphatic rings. The molecule has 2 heterocycles. The third-order valence-corrected chi connectivity index (χ3v) is 5.44. The fraction of sp³-hybridized carbons (Fsp3) is 0.556. The maximum absolute atomic E-state index is 12.6. The average Bonchev–Trinajstić information content (AvgIpc) is 3.13. The number of ketones is 1. The Balaban J connectivity index is 1.45. The van der Waals surface area contributed by atoms with Gasteiger partial charge in [0.15, 0.2) is 10.9 Å². The zero-order valence-electron chi connectivity index (χ0n) is 13.7. The number of nitrogens with one attached hydrogen (secondary N) is 1. The Bertz CT molecular complexity index is 579. The summed E-state index contributed by atoms with van der Waals surface area (Å²) in [6, 6.07) is 7.16. The second kappa shape index (κ2) is 8.28. The van der Waals surface area contributed by atoms with Crippen LogP contribution in [0.15, 0.2) is 24.3 Å². The van der Waals surface area contributed by atoms with Crippen LogP contribution in [-0.2, 0) is 4.74 Å². The van der Waals surface area contributed by atoms with E-state index in [1.54, 1.807) is 12.1 Å². The molecule has 0 aliphatic carbocycles. The van der Waals surface area contributed by atoms with E-state index >= 15 is 0 Å². The van der Waals surface area contributed by atoms with Crippen molar-refractivity contribution in [2.75, 3.05) is 26.2 Å². The fourth-order valence-electron chi connectivity index (χ4n) is 3.31. The molecule has 0 unspecified atom stereocenters. The largest absolute Gasteiger partial charge is 0.376 e. The number of halogens is 1. The van der Waals surface area contributed by atoms with Gasteiger partial charge in [-0.05, 0) is 62.2 Å². The average molecular weight is 367 g/mol. The second-order valence-electron chi connectivity index (χ2n) is 6.45. The number of ether oxygens (including phenoxy) is 1. The van der Waals surface area contributed by atoms with Gasteiger partial charge in [0.2, 0.25) is 0 Å². The molecule has 0 bridgehead atoms. The first kappa shape index (κ1) is 17.6. The molecule has 3 rings (SSSR count). The van der Waals surface area contributed by atoms with Crippen molar-refractivity contribution in [3.8, 4) is 0 Å². The van der Waals surface area contributed by atoms with Gasteiger partial charge in [-0.25, -0.2) is 0 Å². The van der Waals surface area contributed by atoms with E-state index in [1.807, 2.05) is 12.1 Å². The first-order chi connectivity index (χ1) is 11.6. The number of rotatable bonds is 4. The summed E-state index contributed by atoms with van der Waals surface area (Å²) in [5.74, 6) is 0.285. The van der Waals surface area contributed by atoms with Crippen LogP contribution in [0.1, 0.15) is 36.0 Å². The summed E-state index contributed by atoms with van der Waals surface area (Å²) in [7, 11) is 0. The highest BCUT2D eigenvalue weighted by Crippen LogP contribution is 2.23. The highest BCUT2D eigenvalue weighted by molar-refractivity contribution is 7.80. The molecule has 0 radical (unpaired) electrons. The fourth-order valence-corrected chi connectivity index (χ4v) is 3.70. The molecule has 1 aromatic carbocycles. The summed E-state index contributed by atoms with van der Waals surface area (Å²) in [5.41, 5.74) is 0.747. The molecule has 1 aromatic rings. The Morgan fingerprint density at radius 3 is 2.58 bits per heavy atom. The number of likely N-dealkylation sites (tertiary alicyclic amines) is 1. The lowest BCUT2D eigenvalue weighted by molar-refractivity contribution is 0.0871. The van der Waals surface area contributed by atoms with Crippen molar-refractivity contribution in [3.63, 3.8) is 0 Å². The molecule has 4 nitrogen and oxygen atoms in total. The summed E-state index contributed by atoms with van der Waals surface area (Å²) in [4.78, 5) is 14.7. The quantitative estimate of drug-likeness (QED) is 0.654. The van der Waals surface area contributed by atoms with Crippen molar-refractivity contribution in [2.24, 2.45) is 5.92 Å². The van der Waals surface area contributed by atoms with Crippen molar-refractivity contribution < 1.29 is 9.53 Å². The highest BCUT2D eigenvalue weighted by Gasteiger charge is 2.27. The van der Waals surface area contributed by atoms with Gasteiger partial charge in [-0.2, -0.15) is 0 Å². The van der Waals surface area contributed by atoms with E-state index < -0.39 is 0 Å². The molecule has 6 heteroatoms. The summed E-state index contributed by atoms with van der Waals surface area (Å²) in [6.45, 7) is 3.28. The molecular weight excluding hydrogens is 344 g/mol. The molecule has 2 fully saturated rings. The number of piperidine rings is 1. The summed E-state index contributed by atoms with van der Waals surface area (Å²) in [5, 5.41) is 4.75.